The predicted octanol–water partition coefficient (Wildman–Crippen LogP) is 0.859. The van der Waals surface area contributed by atoms with E-state index in [0.717, 1.165) is 32.8 Å². The van der Waals surface area contributed by atoms with Crippen molar-refractivity contribution in [3.8, 4) is 0 Å². The summed E-state index contributed by atoms with van der Waals surface area (Å²) >= 11 is 1.62. The van der Waals surface area contributed by atoms with Crippen LogP contribution in [0, 0.1) is 0 Å². The normalized spacial score (nSPS) is 9.42. The van der Waals surface area contributed by atoms with E-state index in [1.807, 2.05) is 0 Å². The van der Waals surface area contributed by atoms with E-state index in [0.29, 0.717) is 0 Å². The Bertz CT molecular complexity index is 139. The van der Waals surface area contributed by atoms with Crippen LogP contribution in [0.1, 0.15) is 13.3 Å². The van der Waals surface area contributed by atoms with Gasteiger partial charge in [-0.1, -0.05) is 0 Å². The fourth-order valence-corrected chi connectivity index (χ4v) is 7.02. The average molecular weight is 299 g/mol. The Labute approximate surface area is 85.4 Å². The Morgan fingerprint density at radius 2 is 2.17 bits per heavy atom. The number of amides is 1. The molecule has 0 aliphatic carbocycles. The number of nitrogens with one attached hydrogen (secondary N) is 1. The van der Waals surface area contributed by atoms with Crippen LogP contribution in [0.4, 0.5) is 0 Å². The van der Waals surface area contributed by atoms with Gasteiger partial charge in [0.05, 0.1) is 0 Å². The molecule has 0 saturated carbocycles. The summed E-state index contributed by atoms with van der Waals surface area (Å²) in [4.78, 5) is 10.7. The number of hydrogen-bond donors (Lipinski definition) is 1. The summed E-state index contributed by atoms with van der Waals surface area (Å²) in [5.74, 6) is -0.0474. The quantitative estimate of drug-likeness (QED) is 0.422. The van der Waals surface area contributed by atoms with Gasteiger partial charge in [0.1, 0.15) is 0 Å². The monoisotopic (exact) mass is 301 g/mol. The van der Waals surface area contributed by atoms with E-state index in [1.54, 1.807) is 0 Å². The van der Waals surface area contributed by atoms with Crippen LogP contribution >= 0.6 is 0 Å². The second-order valence-corrected chi connectivity index (χ2v) is 9.98. The molecule has 2 nitrogen and oxygen atoms in total. The summed E-state index contributed by atoms with van der Waals surface area (Å²) in [5, 5.41) is 5.34. The fraction of sp³-hybridized carbons (Fsp3) is 0.625. The summed E-state index contributed by atoms with van der Waals surface area (Å²) in [7, 11) is 0. The Morgan fingerprint density at radius 3 is 2.75 bits per heavy atom. The molecule has 0 aromatic heterocycles. The predicted molar refractivity (Wildman–Crippen MR) is 54.6 cm³/mol. The van der Waals surface area contributed by atoms with Crippen LogP contribution in [0.5, 0.6) is 0 Å². The van der Waals surface area contributed by atoms with Crippen molar-refractivity contribution in [2.24, 2.45) is 0 Å². The minimum atomic E-state index is -0.0474. The molecule has 0 bridgehead atoms. The molecule has 0 atom stereocenters. The van der Waals surface area contributed by atoms with Crippen molar-refractivity contribution in [2.75, 3.05) is 6.54 Å². The third-order valence-corrected chi connectivity index (χ3v) is 8.83. The molecule has 0 radical (unpaired) electrons. The van der Waals surface area contributed by atoms with Crippen molar-refractivity contribution in [2.45, 2.75) is 24.0 Å². The van der Waals surface area contributed by atoms with Gasteiger partial charge in [-0.15, -0.1) is 0 Å². The van der Waals surface area contributed by atoms with Crippen LogP contribution in [-0.2, 0) is 4.79 Å². The first kappa shape index (κ1) is 12.2. The third kappa shape index (κ3) is 8.35. The fourth-order valence-electron chi connectivity index (χ4n) is 0.489. The van der Waals surface area contributed by atoms with E-state index in [2.05, 4.69) is 18.8 Å². The molecule has 0 spiro atoms. The number of carbonyl (C=O) groups excluding carboxylic acids is 1. The zero-order chi connectivity index (χ0) is 9.23. The van der Waals surface area contributed by atoms with Gasteiger partial charge in [-0.3, -0.25) is 0 Å². The van der Waals surface area contributed by atoms with E-state index < -0.39 is 0 Å². The second-order valence-electron chi connectivity index (χ2n) is 2.14. The zero-order valence-electron chi connectivity index (χ0n) is 7.34. The summed E-state index contributed by atoms with van der Waals surface area (Å²) in [6.07, 6.45) is 2.63. The van der Waals surface area contributed by atoms with Crippen LogP contribution in [0.25, 0.3) is 0 Å². The van der Waals surface area contributed by atoms with Crippen molar-refractivity contribution in [3.05, 3.63) is 12.7 Å². The topological polar surface area (TPSA) is 29.1 Å². The molecule has 70 valence electrons. The maximum absolute atomic E-state index is 10.7. The summed E-state index contributed by atoms with van der Waals surface area (Å²) in [6, 6.07) is 0. The summed E-state index contributed by atoms with van der Waals surface area (Å²) < 4.78 is 0. The van der Waals surface area contributed by atoms with Crippen molar-refractivity contribution >= 4 is 32.2 Å². The van der Waals surface area contributed by atoms with Crippen molar-refractivity contribution in [1.29, 1.82) is 0 Å². The molecule has 0 aromatic rings. The summed E-state index contributed by atoms with van der Waals surface area (Å²) in [6.45, 7) is 6.44. The molecule has 0 heterocycles. The Kier molecular flexibility index (Phi) is 9.53. The van der Waals surface area contributed by atoms with Crippen molar-refractivity contribution in [3.63, 3.8) is 0 Å². The standard InChI is InChI=1S/C8H15NOSe2/c1-3-6-11-12-7-5-9-8(10)4-2/h4H,2-3,5-7H2,1H3,(H,9,10). The number of hydrogen-bond acceptors (Lipinski definition) is 1. The van der Waals surface area contributed by atoms with E-state index in [9.17, 15) is 4.79 Å². The first-order valence-electron chi connectivity index (χ1n) is 3.96. The molecule has 4 heteroatoms. The van der Waals surface area contributed by atoms with Gasteiger partial charge in [0, 0.05) is 0 Å². The molecule has 1 N–H and O–H groups in total. The van der Waals surface area contributed by atoms with Crippen LogP contribution in [-0.4, -0.2) is 38.7 Å². The van der Waals surface area contributed by atoms with E-state index in [1.165, 1.54) is 23.1 Å². The first-order valence-corrected chi connectivity index (χ1v) is 10.7. The molecule has 0 fully saturated rings. The van der Waals surface area contributed by atoms with Gasteiger partial charge in [0.2, 0.25) is 0 Å². The number of rotatable bonds is 7. The molecule has 0 aromatic carbocycles. The van der Waals surface area contributed by atoms with E-state index in [-0.39, 0.29) is 5.91 Å². The SMILES string of the molecule is C=CC(=O)NCC[Se][Se]CCC. The Balaban J connectivity index is 3.00. The molecule has 1 amide bonds. The zero-order valence-corrected chi connectivity index (χ0v) is 10.8. The molecule has 0 aliphatic rings. The molecule has 0 unspecified atom stereocenters. The minimum absolute atomic E-state index is 0.0474. The van der Waals surface area contributed by atoms with Gasteiger partial charge < -0.3 is 0 Å². The molecule has 0 aliphatic heterocycles. The van der Waals surface area contributed by atoms with Gasteiger partial charge in [-0.2, -0.15) is 0 Å². The summed E-state index contributed by atoms with van der Waals surface area (Å²) in [5.41, 5.74) is 0. The van der Waals surface area contributed by atoms with Crippen LogP contribution in [0.3, 0.4) is 0 Å². The van der Waals surface area contributed by atoms with Gasteiger partial charge in [-0.25, -0.2) is 0 Å². The van der Waals surface area contributed by atoms with Gasteiger partial charge in [0.15, 0.2) is 0 Å². The maximum atomic E-state index is 10.7. The number of carbonyl (C=O) groups is 1. The molecule has 0 saturated heterocycles. The first-order chi connectivity index (χ1) is 5.81. The second kappa shape index (κ2) is 9.34. The average Bonchev–Trinajstić information content (AvgIpc) is 2.10. The van der Waals surface area contributed by atoms with Gasteiger partial charge in [0.25, 0.3) is 0 Å². The van der Waals surface area contributed by atoms with Gasteiger partial charge >= 0.3 is 85.5 Å². The Hall–Kier alpha value is 0.249. The van der Waals surface area contributed by atoms with Crippen LogP contribution in [0.2, 0.25) is 10.6 Å². The van der Waals surface area contributed by atoms with E-state index >= 15 is 0 Å². The van der Waals surface area contributed by atoms with E-state index in [4.69, 9.17) is 0 Å². The van der Waals surface area contributed by atoms with Crippen molar-refractivity contribution < 1.29 is 4.79 Å². The third-order valence-electron chi connectivity index (χ3n) is 1.04. The molecular weight excluding hydrogens is 284 g/mol. The van der Waals surface area contributed by atoms with Crippen molar-refractivity contribution in [1.82, 2.24) is 5.32 Å². The van der Waals surface area contributed by atoms with Crippen LogP contribution < -0.4 is 5.32 Å². The molecular formula is C8H15NOSe2. The molecule has 12 heavy (non-hydrogen) atoms. The van der Waals surface area contributed by atoms with Crippen LogP contribution in [0.15, 0.2) is 12.7 Å². The van der Waals surface area contributed by atoms with Gasteiger partial charge in [-0.05, 0) is 0 Å². The molecule has 0 rings (SSSR count). The Morgan fingerprint density at radius 1 is 1.50 bits per heavy atom.